The van der Waals surface area contributed by atoms with Crippen LogP contribution >= 0.6 is 24.4 Å². The van der Waals surface area contributed by atoms with Crippen LogP contribution in [0.2, 0.25) is 0 Å². The standard InChI is InChI=1S/C10H16N2S2/c13-8-3-1-2-4-9-14-10-11-6-5-7-12-10/h5-7,13H,1-4,8-9H2. The second kappa shape index (κ2) is 8.12. The van der Waals surface area contributed by atoms with Crippen molar-refractivity contribution < 1.29 is 0 Å². The van der Waals surface area contributed by atoms with Gasteiger partial charge in [0.15, 0.2) is 5.16 Å². The van der Waals surface area contributed by atoms with E-state index in [1.165, 1.54) is 25.7 Å². The smallest absolute Gasteiger partial charge is 0.187 e. The van der Waals surface area contributed by atoms with E-state index in [9.17, 15) is 0 Å². The molecule has 14 heavy (non-hydrogen) atoms. The van der Waals surface area contributed by atoms with Crippen molar-refractivity contribution in [1.29, 1.82) is 0 Å². The van der Waals surface area contributed by atoms with Crippen LogP contribution < -0.4 is 0 Å². The predicted octanol–water partition coefficient (Wildman–Crippen LogP) is 3.06. The summed E-state index contributed by atoms with van der Waals surface area (Å²) in [5.41, 5.74) is 0. The van der Waals surface area contributed by atoms with Gasteiger partial charge in [0.25, 0.3) is 0 Å². The number of nitrogens with zero attached hydrogens (tertiary/aromatic N) is 2. The Kier molecular flexibility index (Phi) is 6.87. The summed E-state index contributed by atoms with van der Waals surface area (Å²) in [7, 11) is 0. The zero-order chi connectivity index (χ0) is 10.1. The molecule has 2 nitrogen and oxygen atoms in total. The topological polar surface area (TPSA) is 25.8 Å². The van der Waals surface area contributed by atoms with Gasteiger partial charge in [0.1, 0.15) is 0 Å². The first-order valence-corrected chi connectivity index (χ1v) is 6.56. The summed E-state index contributed by atoms with van der Waals surface area (Å²) < 4.78 is 0. The molecule has 4 heteroatoms. The largest absolute Gasteiger partial charge is 0.231 e. The molecule has 1 heterocycles. The Balaban J connectivity index is 1.99. The van der Waals surface area contributed by atoms with Crippen molar-refractivity contribution in [3.63, 3.8) is 0 Å². The molecule has 1 rings (SSSR count). The molecule has 0 aliphatic rings. The van der Waals surface area contributed by atoms with Crippen molar-refractivity contribution in [3.05, 3.63) is 18.5 Å². The molecule has 0 unspecified atom stereocenters. The number of rotatable bonds is 7. The Morgan fingerprint density at radius 3 is 2.50 bits per heavy atom. The number of aromatic nitrogens is 2. The maximum atomic E-state index is 4.18. The van der Waals surface area contributed by atoms with Crippen LogP contribution in [-0.4, -0.2) is 21.5 Å². The van der Waals surface area contributed by atoms with Gasteiger partial charge in [-0.2, -0.15) is 12.6 Å². The maximum absolute atomic E-state index is 4.18. The van der Waals surface area contributed by atoms with E-state index < -0.39 is 0 Å². The van der Waals surface area contributed by atoms with Crippen molar-refractivity contribution in [3.8, 4) is 0 Å². The van der Waals surface area contributed by atoms with Crippen LogP contribution in [0.3, 0.4) is 0 Å². The van der Waals surface area contributed by atoms with Gasteiger partial charge >= 0.3 is 0 Å². The highest BCUT2D eigenvalue weighted by Gasteiger charge is 1.95. The monoisotopic (exact) mass is 228 g/mol. The third-order valence-corrected chi connectivity index (χ3v) is 3.10. The van der Waals surface area contributed by atoms with E-state index in [1.54, 1.807) is 24.2 Å². The molecule has 0 saturated carbocycles. The SMILES string of the molecule is SCCCCCCSc1ncccn1. The van der Waals surface area contributed by atoms with Crippen LogP contribution in [0, 0.1) is 0 Å². The number of thioether (sulfide) groups is 1. The lowest BCUT2D eigenvalue weighted by Crippen LogP contribution is -1.87. The minimum atomic E-state index is 0.890. The average molecular weight is 228 g/mol. The van der Waals surface area contributed by atoms with Gasteiger partial charge in [-0.1, -0.05) is 24.6 Å². The lowest BCUT2D eigenvalue weighted by atomic mass is 10.2. The number of hydrogen-bond acceptors (Lipinski definition) is 4. The van der Waals surface area contributed by atoms with Crippen LogP contribution in [0.25, 0.3) is 0 Å². The quantitative estimate of drug-likeness (QED) is 0.336. The lowest BCUT2D eigenvalue weighted by molar-refractivity contribution is 0.711. The van der Waals surface area contributed by atoms with Crippen LogP contribution in [0.1, 0.15) is 25.7 Å². The van der Waals surface area contributed by atoms with Crippen molar-refractivity contribution in [2.45, 2.75) is 30.8 Å². The Labute approximate surface area is 95.3 Å². The first kappa shape index (κ1) is 11.9. The Morgan fingerprint density at radius 1 is 1.07 bits per heavy atom. The predicted molar refractivity (Wildman–Crippen MR) is 65.1 cm³/mol. The molecule has 0 N–H and O–H groups in total. The van der Waals surface area contributed by atoms with Gasteiger partial charge in [0, 0.05) is 18.1 Å². The Morgan fingerprint density at radius 2 is 1.79 bits per heavy atom. The molecular formula is C10H16N2S2. The second-order valence-corrected chi connectivity index (χ2v) is 4.53. The number of thiol groups is 1. The van der Waals surface area contributed by atoms with Gasteiger partial charge in [0.2, 0.25) is 0 Å². The van der Waals surface area contributed by atoms with Crippen LogP contribution in [0.15, 0.2) is 23.6 Å². The molecule has 0 spiro atoms. The highest BCUT2D eigenvalue weighted by atomic mass is 32.2. The fourth-order valence-electron chi connectivity index (χ4n) is 1.09. The summed E-state index contributed by atoms with van der Waals surface area (Å²) >= 11 is 5.91. The van der Waals surface area contributed by atoms with Crippen molar-refractivity contribution in [1.82, 2.24) is 9.97 Å². The van der Waals surface area contributed by atoms with E-state index in [2.05, 4.69) is 22.6 Å². The van der Waals surface area contributed by atoms with Crippen LogP contribution in [0.4, 0.5) is 0 Å². The van der Waals surface area contributed by atoms with E-state index in [4.69, 9.17) is 0 Å². The fraction of sp³-hybridized carbons (Fsp3) is 0.600. The lowest BCUT2D eigenvalue weighted by Gasteiger charge is -1.99. The average Bonchev–Trinajstić information content (AvgIpc) is 2.25. The van der Waals surface area contributed by atoms with E-state index in [-0.39, 0.29) is 0 Å². The Bertz CT molecular complexity index is 229. The molecule has 0 bridgehead atoms. The van der Waals surface area contributed by atoms with Crippen molar-refractivity contribution >= 4 is 24.4 Å². The van der Waals surface area contributed by atoms with Crippen LogP contribution in [0.5, 0.6) is 0 Å². The van der Waals surface area contributed by atoms with Gasteiger partial charge in [-0.15, -0.1) is 0 Å². The van der Waals surface area contributed by atoms with Gasteiger partial charge in [0.05, 0.1) is 0 Å². The molecule has 0 radical (unpaired) electrons. The molecule has 0 amide bonds. The normalized spacial score (nSPS) is 10.4. The van der Waals surface area contributed by atoms with Crippen molar-refractivity contribution in [2.24, 2.45) is 0 Å². The molecule has 0 aliphatic carbocycles. The maximum Gasteiger partial charge on any atom is 0.187 e. The highest BCUT2D eigenvalue weighted by molar-refractivity contribution is 7.99. The summed E-state index contributed by atoms with van der Waals surface area (Å²) in [4.78, 5) is 8.30. The Hall–Kier alpha value is -0.220. The number of hydrogen-bond donors (Lipinski definition) is 1. The first-order valence-electron chi connectivity index (χ1n) is 4.94. The summed E-state index contributed by atoms with van der Waals surface area (Å²) in [5.74, 6) is 2.13. The molecular weight excluding hydrogens is 212 g/mol. The molecule has 1 aromatic rings. The van der Waals surface area contributed by atoms with Crippen molar-refractivity contribution in [2.75, 3.05) is 11.5 Å². The third kappa shape index (κ3) is 5.50. The van der Waals surface area contributed by atoms with E-state index in [1.807, 2.05) is 6.07 Å². The zero-order valence-electron chi connectivity index (χ0n) is 8.22. The van der Waals surface area contributed by atoms with E-state index in [0.717, 1.165) is 16.7 Å². The minimum Gasteiger partial charge on any atom is -0.231 e. The molecule has 78 valence electrons. The molecule has 0 fully saturated rings. The molecule has 0 saturated heterocycles. The van der Waals surface area contributed by atoms with Gasteiger partial charge in [-0.25, -0.2) is 9.97 Å². The highest BCUT2D eigenvalue weighted by Crippen LogP contribution is 2.14. The van der Waals surface area contributed by atoms with Gasteiger partial charge in [-0.3, -0.25) is 0 Å². The summed E-state index contributed by atoms with van der Waals surface area (Å²) in [6, 6.07) is 1.84. The van der Waals surface area contributed by atoms with Gasteiger partial charge in [-0.05, 0) is 24.7 Å². The minimum absolute atomic E-state index is 0.890. The van der Waals surface area contributed by atoms with E-state index >= 15 is 0 Å². The fourth-order valence-corrected chi connectivity index (χ4v) is 2.12. The first-order chi connectivity index (χ1) is 6.93. The van der Waals surface area contributed by atoms with Crippen LogP contribution in [-0.2, 0) is 0 Å². The zero-order valence-corrected chi connectivity index (χ0v) is 9.94. The van der Waals surface area contributed by atoms with Gasteiger partial charge < -0.3 is 0 Å². The van der Waals surface area contributed by atoms with E-state index in [0.29, 0.717) is 0 Å². The summed E-state index contributed by atoms with van der Waals surface area (Å²) in [6.45, 7) is 0. The molecule has 0 atom stereocenters. The molecule has 0 aromatic carbocycles. The number of unbranched alkanes of at least 4 members (excludes halogenated alkanes) is 3. The summed E-state index contributed by atoms with van der Waals surface area (Å²) in [6.07, 6.45) is 8.64. The third-order valence-electron chi connectivity index (χ3n) is 1.83. The second-order valence-electron chi connectivity index (χ2n) is 3.02. The molecule has 0 aliphatic heterocycles. The molecule has 1 aromatic heterocycles. The summed E-state index contributed by atoms with van der Waals surface area (Å²) in [5, 5.41) is 0.890.